The highest BCUT2D eigenvalue weighted by Gasteiger charge is 2.16. The standard InChI is InChI=1S/C20H18N4O6S/c1-27-15-6-4-11(8-17(15)28-2)13-9-14-18(25)21-22-20(24(14)23-13)31-10-12-5-7-16(30-12)19(26)29-3/h4-9H,10H2,1-3H3,(H,21,25). The Bertz CT molecular complexity index is 1310. The van der Waals surface area contributed by atoms with E-state index in [-0.39, 0.29) is 11.3 Å². The number of esters is 1. The van der Waals surface area contributed by atoms with Gasteiger partial charge in [0.05, 0.1) is 32.8 Å². The van der Waals surface area contributed by atoms with Crippen LogP contribution in [0.4, 0.5) is 0 Å². The minimum atomic E-state index is -0.549. The number of aromatic nitrogens is 4. The average molecular weight is 442 g/mol. The van der Waals surface area contributed by atoms with Crippen molar-refractivity contribution in [2.75, 3.05) is 21.3 Å². The monoisotopic (exact) mass is 442 g/mol. The van der Waals surface area contributed by atoms with Crippen LogP contribution in [-0.2, 0) is 10.5 Å². The van der Waals surface area contributed by atoms with Gasteiger partial charge in [-0.3, -0.25) is 4.79 Å². The molecule has 0 bridgehead atoms. The van der Waals surface area contributed by atoms with Crippen molar-refractivity contribution >= 4 is 23.2 Å². The van der Waals surface area contributed by atoms with Crippen LogP contribution in [0.2, 0.25) is 0 Å². The minimum absolute atomic E-state index is 0.118. The zero-order chi connectivity index (χ0) is 22.0. The van der Waals surface area contributed by atoms with Crippen molar-refractivity contribution in [3.05, 3.63) is 58.3 Å². The van der Waals surface area contributed by atoms with E-state index in [1.807, 2.05) is 6.07 Å². The fourth-order valence-electron chi connectivity index (χ4n) is 2.92. The lowest BCUT2D eigenvalue weighted by Crippen LogP contribution is -2.13. The number of nitrogens with zero attached hydrogens (tertiary/aromatic N) is 3. The number of rotatable bonds is 7. The summed E-state index contributed by atoms with van der Waals surface area (Å²) in [6.45, 7) is 0. The van der Waals surface area contributed by atoms with Crippen LogP contribution < -0.4 is 15.0 Å². The second-order valence-electron chi connectivity index (χ2n) is 6.28. The molecule has 0 saturated carbocycles. The summed E-state index contributed by atoms with van der Waals surface area (Å²) in [7, 11) is 4.40. The van der Waals surface area contributed by atoms with Gasteiger partial charge in [-0.2, -0.15) is 5.10 Å². The number of methoxy groups -OCH3 is 3. The first kappa shape index (κ1) is 20.5. The summed E-state index contributed by atoms with van der Waals surface area (Å²) in [5.74, 6) is 1.64. The van der Waals surface area contributed by atoms with Crippen LogP contribution >= 0.6 is 11.8 Å². The molecule has 0 fully saturated rings. The third kappa shape index (κ3) is 3.99. The van der Waals surface area contributed by atoms with Crippen LogP contribution in [0.15, 0.2) is 50.8 Å². The van der Waals surface area contributed by atoms with Crippen molar-refractivity contribution in [3.8, 4) is 22.8 Å². The van der Waals surface area contributed by atoms with E-state index in [0.717, 1.165) is 5.56 Å². The van der Waals surface area contributed by atoms with E-state index in [1.165, 1.54) is 23.4 Å². The molecule has 0 radical (unpaired) electrons. The van der Waals surface area contributed by atoms with E-state index in [0.29, 0.717) is 39.4 Å². The van der Waals surface area contributed by atoms with E-state index in [1.54, 1.807) is 44.6 Å². The predicted molar refractivity (Wildman–Crippen MR) is 112 cm³/mol. The number of nitrogens with one attached hydrogen (secondary N) is 1. The van der Waals surface area contributed by atoms with E-state index >= 15 is 0 Å². The van der Waals surface area contributed by atoms with E-state index in [9.17, 15) is 9.59 Å². The summed E-state index contributed by atoms with van der Waals surface area (Å²) in [6.07, 6.45) is 0. The summed E-state index contributed by atoms with van der Waals surface area (Å²) in [6, 6.07) is 10.3. The molecule has 0 spiro atoms. The van der Waals surface area contributed by atoms with Crippen molar-refractivity contribution in [3.63, 3.8) is 0 Å². The van der Waals surface area contributed by atoms with Crippen LogP contribution in [-0.4, -0.2) is 47.1 Å². The van der Waals surface area contributed by atoms with Crippen LogP contribution in [0.5, 0.6) is 11.5 Å². The molecule has 4 aromatic rings. The fourth-order valence-corrected chi connectivity index (χ4v) is 3.72. The Balaban J connectivity index is 1.65. The Morgan fingerprint density at radius 2 is 1.94 bits per heavy atom. The molecule has 1 N–H and O–H groups in total. The number of aromatic amines is 1. The number of fused-ring (bicyclic) bond motifs is 1. The number of hydrogen-bond donors (Lipinski definition) is 1. The first-order chi connectivity index (χ1) is 15.0. The molecule has 1 aromatic carbocycles. The lowest BCUT2D eigenvalue weighted by molar-refractivity contribution is 0.0563. The normalized spacial score (nSPS) is 10.9. The molecule has 0 aliphatic heterocycles. The van der Waals surface area contributed by atoms with Gasteiger partial charge in [-0.05, 0) is 36.4 Å². The lowest BCUT2D eigenvalue weighted by Gasteiger charge is -2.08. The van der Waals surface area contributed by atoms with Crippen LogP contribution in [0.25, 0.3) is 16.8 Å². The number of benzene rings is 1. The molecule has 0 aliphatic rings. The molecule has 31 heavy (non-hydrogen) atoms. The summed E-state index contributed by atoms with van der Waals surface area (Å²) in [5, 5.41) is 11.6. The van der Waals surface area contributed by atoms with Gasteiger partial charge >= 0.3 is 5.97 Å². The van der Waals surface area contributed by atoms with Crippen molar-refractivity contribution < 1.29 is 23.4 Å². The van der Waals surface area contributed by atoms with Crippen LogP contribution in [0.1, 0.15) is 16.3 Å². The summed E-state index contributed by atoms with van der Waals surface area (Å²) >= 11 is 1.30. The molecule has 4 rings (SSSR count). The summed E-state index contributed by atoms with van der Waals surface area (Å²) in [4.78, 5) is 23.8. The van der Waals surface area contributed by atoms with Gasteiger partial charge in [0.25, 0.3) is 5.56 Å². The Labute approximate surface area is 180 Å². The summed E-state index contributed by atoms with van der Waals surface area (Å²) < 4.78 is 22.2. The van der Waals surface area contributed by atoms with Crippen LogP contribution in [0, 0.1) is 0 Å². The smallest absolute Gasteiger partial charge is 0.373 e. The van der Waals surface area contributed by atoms with Crippen molar-refractivity contribution in [2.24, 2.45) is 0 Å². The van der Waals surface area contributed by atoms with Gasteiger partial charge in [-0.1, -0.05) is 11.8 Å². The molecule has 0 unspecified atom stereocenters. The number of carbonyl (C=O) groups excluding carboxylic acids is 1. The maximum Gasteiger partial charge on any atom is 0.373 e. The number of hydrogen-bond acceptors (Lipinski definition) is 9. The molecular formula is C20H18N4O6S. The Hall–Kier alpha value is -3.73. The third-order valence-corrected chi connectivity index (χ3v) is 5.40. The molecule has 0 amide bonds. The quantitative estimate of drug-likeness (QED) is 0.340. The molecule has 0 saturated heterocycles. The van der Waals surface area contributed by atoms with Gasteiger partial charge in [-0.25, -0.2) is 14.4 Å². The molecule has 160 valence electrons. The third-order valence-electron chi connectivity index (χ3n) is 4.45. The van der Waals surface area contributed by atoms with E-state index in [4.69, 9.17) is 13.9 Å². The number of ether oxygens (including phenoxy) is 3. The largest absolute Gasteiger partial charge is 0.493 e. The predicted octanol–water partition coefficient (Wildman–Crippen LogP) is 2.77. The zero-order valence-corrected chi connectivity index (χ0v) is 17.7. The van der Waals surface area contributed by atoms with Crippen LogP contribution in [0.3, 0.4) is 0 Å². The van der Waals surface area contributed by atoms with Gasteiger partial charge in [0, 0.05) is 5.56 Å². The topological polar surface area (TPSA) is 121 Å². The second-order valence-corrected chi connectivity index (χ2v) is 7.22. The molecule has 10 nitrogen and oxygen atoms in total. The van der Waals surface area contributed by atoms with Gasteiger partial charge in [-0.15, -0.1) is 5.10 Å². The highest BCUT2D eigenvalue weighted by atomic mass is 32.2. The Morgan fingerprint density at radius 3 is 2.68 bits per heavy atom. The van der Waals surface area contributed by atoms with E-state index < -0.39 is 5.97 Å². The van der Waals surface area contributed by atoms with Gasteiger partial charge in [0.15, 0.2) is 11.5 Å². The molecular weight excluding hydrogens is 424 g/mol. The first-order valence-electron chi connectivity index (χ1n) is 9.04. The van der Waals surface area contributed by atoms with Crippen molar-refractivity contribution in [1.29, 1.82) is 0 Å². The number of thioether (sulfide) groups is 1. The SMILES string of the molecule is COC(=O)c1ccc(CSc2n[nH]c(=O)c3cc(-c4ccc(OC)c(OC)c4)nn23)o1. The minimum Gasteiger partial charge on any atom is -0.493 e. The number of H-pyrrole nitrogens is 1. The molecule has 0 atom stereocenters. The van der Waals surface area contributed by atoms with Crippen molar-refractivity contribution in [2.45, 2.75) is 10.9 Å². The number of carbonyl (C=O) groups is 1. The average Bonchev–Trinajstić information content (AvgIpc) is 3.46. The van der Waals surface area contributed by atoms with Gasteiger partial charge in [0.2, 0.25) is 10.9 Å². The number of furan rings is 1. The maximum atomic E-state index is 12.3. The fraction of sp³-hybridized carbons (Fsp3) is 0.200. The molecule has 3 aromatic heterocycles. The highest BCUT2D eigenvalue weighted by molar-refractivity contribution is 7.98. The Morgan fingerprint density at radius 1 is 1.13 bits per heavy atom. The Kier molecular flexibility index (Phi) is 5.67. The lowest BCUT2D eigenvalue weighted by atomic mass is 10.1. The highest BCUT2D eigenvalue weighted by Crippen LogP contribution is 2.32. The first-order valence-corrected chi connectivity index (χ1v) is 10.0. The van der Waals surface area contributed by atoms with Gasteiger partial charge in [0.1, 0.15) is 11.3 Å². The molecule has 0 aliphatic carbocycles. The van der Waals surface area contributed by atoms with Gasteiger partial charge < -0.3 is 18.6 Å². The maximum absolute atomic E-state index is 12.3. The zero-order valence-electron chi connectivity index (χ0n) is 16.9. The molecule has 11 heteroatoms. The van der Waals surface area contributed by atoms with Crippen molar-refractivity contribution in [1.82, 2.24) is 19.8 Å². The second kappa shape index (κ2) is 8.56. The van der Waals surface area contributed by atoms with E-state index in [2.05, 4.69) is 20.0 Å². The summed E-state index contributed by atoms with van der Waals surface area (Å²) in [5.41, 5.74) is 1.31. The molecule has 3 heterocycles.